The third kappa shape index (κ3) is 4.63. The van der Waals surface area contributed by atoms with Gasteiger partial charge in [-0.3, -0.25) is 0 Å². The second kappa shape index (κ2) is 10.1. The van der Waals surface area contributed by atoms with E-state index >= 15 is 0 Å². The van der Waals surface area contributed by atoms with Crippen molar-refractivity contribution in [2.24, 2.45) is 40.4 Å². The lowest BCUT2D eigenvalue weighted by molar-refractivity contribution is 0.00572. The predicted octanol–water partition coefficient (Wildman–Crippen LogP) is 9.17. The smallest absolute Gasteiger partial charge is 0.338 e. The van der Waals surface area contributed by atoms with Gasteiger partial charge in [0, 0.05) is 6.42 Å². The molecule has 0 N–H and O–H groups in total. The summed E-state index contributed by atoms with van der Waals surface area (Å²) in [5.41, 5.74) is 4.66. The van der Waals surface area contributed by atoms with E-state index in [4.69, 9.17) is 4.74 Å². The Morgan fingerprint density at radius 1 is 0.944 bits per heavy atom. The number of hydrogen-bond acceptors (Lipinski definition) is 2. The summed E-state index contributed by atoms with van der Waals surface area (Å²) < 4.78 is 5.98. The van der Waals surface area contributed by atoms with Gasteiger partial charge in [0.2, 0.25) is 0 Å². The SMILES string of the molecule is CC(C)CCC[C@@H](C)[C@@H]1CC[C@H]2C3=CC=C4C[C@@H](OC(=O)c5ccccc5)CC[C@]4(C)[C@@H]3CC[C@@]21C. The van der Waals surface area contributed by atoms with E-state index < -0.39 is 0 Å². The molecule has 3 saturated carbocycles. The molecule has 5 rings (SSSR count). The standard InChI is InChI=1S/C34H48O2/c1-23(2)10-9-11-24(3)29-16-17-30-28-15-14-26-22-27(36-32(35)25-12-7-6-8-13-25)18-20-33(26,4)31(28)19-21-34(29,30)5/h6-8,12-15,23-24,27,29-31H,9-11,16-22H2,1-5H3/t24-,27+,29+,30+,31-,33+,34-/m1/s1. The molecule has 1 aromatic rings. The second-order valence-electron chi connectivity index (χ2n) is 13.5. The summed E-state index contributed by atoms with van der Waals surface area (Å²) in [6.07, 6.45) is 17.7. The molecule has 7 atom stereocenters. The van der Waals surface area contributed by atoms with Crippen molar-refractivity contribution in [2.45, 2.75) is 105 Å². The van der Waals surface area contributed by atoms with Crippen LogP contribution >= 0.6 is 0 Å². The average molecular weight is 489 g/mol. The molecule has 0 bridgehead atoms. The Morgan fingerprint density at radius 3 is 2.47 bits per heavy atom. The van der Waals surface area contributed by atoms with Crippen LogP contribution in [0.1, 0.15) is 109 Å². The van der Waals surface area contributed by atoms with Crippen molar-refractivity contribution in [3.8, 4) is 0 Å². The van der Waals surface area contributed by atoms with Crippen LogP contribution in [0.3, 0.4) is 0 Å². The molecule has 36 heavy (non-hydrogen) atoms. The van der Waals surface area contributed by atoms with Gasteiger partial charge in [-0.25, -0.2) is 4.79 Å². The Hall–Kier alpha value is -1.83. The van der Waals surface area contributed by atoms with Gasteiger partial charge in [-0.15, -0.1) is 0 Å². The zero-order valence-electron chi connectivity index (χ0n) is 23.4. The van der Waals surface area contributed by atoms with Crippen LogP contribution in [0, 0.1) is 40.4 Å². The minimum absolute atomic E-state index is 0.00314. The highest BCUT2D eigenvalue weighted by Gasteiger charge is 2.57. The Bertz CT molecular complexity index is 1000. The fourth-order valence-electron chi connectivity index (χ4n) is 8.89. The van der Waals surface area contributed by atoms with E-state index in [1.807, 2.05) is 30.3 Å². The molecule has 0 unspecified atom stereocenters. The molecular formula is C34H48O2. The highest BCUT2D eigenvalue weighted by atomic mass is 16.5. The van der Waals surface area contributed by atoms with Gasteiger partial charge in [0.1, 0.15) is 6.10 Å². The van der Waals surface area contributed by atoms with E-state index in [-0.39, 0.29) is 17.5 Å². The number of carbonyl (C=O) groups excluding carboxylic acids is 1. The molecule has 0 amide bonds. The summed E-state index contributed by atoms with van der Waals surface area (Å²) in [6, 6.07) is 9.45. The molecule has 0 radical (unpaired) electrons. The van der Waals surface area contributed by atoms with Gasteiger partial charge in [-0.1, -0.05) is 95.4 Å². The van der Waals surface area contributed by atoms with Crippen molar-refractivity contribution in [3.63, 3.8) is 0 Å². The summed E-state index contributed by atoms with van der Waals surface area (Å²) in [4.78, 5) is 12.7. The predicted molar refractivity (Wildman–Crippen MR) is 149 cm³/mol. The Balaban J connectivity index is 1.29. The zero-order chi connectivity index (χ0) is 25.5. The van der Waals surface area contributed by atoms with Crippen LogP contribution in [0.5, 0.6) is 0 Å². The Labute approximate surface area is 220 Å². The molecule has 4 aliphatic rings. The molecule has 2 nitrogen and oxygen atoms in total. The van der Waals surface area contributed by atoms with Crippen LogP contribution in [0.4, 0.5) is 0 Å². The summed E-state index contributed by atoms with van der Waals surface area (Å²) in [7, 11) is 0. The molecule has 4 aliphatic carbocycles. The Morgan fingerprint density at radius 2 is 1.72 bits per heavy atom. The van der Waals surface area contributed by atoms with Gasteiger partial charge < -0.3 is 4.74 Å². The van der Waals surface area contributed by atoms with Crippen LogP contribution < -0.4 is 0 Å². The largest absolute Gasteiger partial charge is 0.458 e. The van der Waals surface area contributed by atoms with E-state index in [9.17, 15) is 4.79 Å². The summed E-state index contributed by atoms with van der Waals surface area (Å²) in [6.45, 7) is 12.4. The molecule has 0 spiro atoms. The Kier molecular flexibility index (Phi) is 7.27. The molecule has 0 aliphatic heterocycles. The fraction of sp³-hybridized carbons (Fsp3) is 0.676. The third-order valence-electron chi connectivity index (χ3n) is 11.0. The lowest BCUT2D eigenvalue weighted by Gasteiger charge is -2.55. The van der Waals surface area contributed by atoms with Gasteiger partial charge in [0.15, 0.2) is 0 Å². The van der Waals surface area contributed by atoms with Crippen molar-refractivity contribution >= 4 is 5.97 Å². The van der Waals surface area contributed by atoms with Gasteiger partial charge >= 0.3 is 5.97 Å². The van der Waals surface area contributed by atoms with Crippen LogP contribution in [-0.2, 0) is 4.74 Å². The topological polar surface area (TPSA) is 26.3 Å². The van der Waals surface area contributed by atoms with Gasteiger partial charge in [-0.05, 0) is 91.1 Å². The molecule has 2 heteroatoms. The molecule has 0 saturated heterocycles. The number of ether oxygens (including phenoxy) is 1. The first-order valence-corrected chi connectivity index (χ1v) is 14.9. The first-order valence-electron chi connectivity index (χ1n) is 14.9. The zero-order valence-corrected chi connectivity index (χ0v) is 23.4. The summed E-state index contributed by atoms with van der Waals surface area (Å²) >= 11 is 0. The number of hydrogen-bond donors (Lipinski definition) is 0. The number of rotatable bonds is 7. The number of allylic oxidation sites excluding steroid dienone is 3. The van der Waals surface area contributed by atoms with Crippen molar-refractivity contribution < 1.29 is 9.53 Å². The lowest BCUT2D eigenvalue weighted by atomic mass is 9.50. The maximum absolute atomic E-state index is 12.7. The highest BCUT2D eigenvalue weighted by Crippen LogP contribution is 2.66. The molecule has 0 heterocycles. The van der Waals surface area contributed by atoms with E-state index in [2.05, 4.69) is 46.8 Å². The summed E-state index contributed by atoms with van der Waals surface area (Å²) in [5.74, 6) is 3.81. The maximum Gasteiger partial charge on any atom is 0.338 e. The van der Waals surface area contributed by atoms with Crippen molar-refractivity contribution in [3.05, 3.63) is 59.2 Å². The van der Waals surface area contributed by atoms with Crippen LogP contribution in [0.25, 0.3) is 0 Å². The molecule has 3 fully saturated rings. The molecule has 196 valence electrons. The average Bonchev–Trinajstić information content (AvgIpc) is 3.22. The van der Waals surface area contributed by atoms with E-state index in [1.165, 1.54) is 50.5 Å². The summed E-state index contributed by atoms with van der Waals surface area (Å²) in [5, 5.41) is 0. The van der Waals surface area contributed by atoms with Crippen LogP contribution in [-0.4, -0.2) is 12.1 Å². The number of fused-ring (bicyclic) bond motifs is 5. The van der Waals surface area contributed by atoms with Crippen molar-refractivity contribution in [2.75, 3.05) is 0 Å². The first kappa shape index (κ1) is 25.8. The monoisotopic (exact) mass is 488 g/mol. The van der Waals surface area contributed by atoms with Gasteiger partial charge in [0.25, 0.3) is 0 Å². The minimum atomic E-state index is -0.176. The molecular weight excluding hydrogens is 440 g/mol. The highest BCUT2D eigenvalue weighted by molar-refractivity contribution is 5.89. The van der Waals surface area contributed by atoms with Crippen LogP contribution in [0.15, 0.2) is 53.6 Å². The second-order valence-corrected chi connectivity index (χ2v) is 13.5. The molecule has 1 aromatic carbocycles. The number of benzene rings is 1. The maximum atomic E-state index is 12.7. The van der Waals surface area contributed by atoms with Crippen LogP contribution in [0.2, 0.25) is 0 Å². The van der Waals surface area contributed by atoms with E-state index in [1.54, 1.807) is 5.57 Å². The minimum Gasteiger partial charge on any atom is -0.458 e. The number of carbonyl (C=O) groups is 1. The van der Waals surface area contributed by atoms with Crippen molar-refractivity contribution in [1.29, 1.82) is 0 Å². The third-order valence-corrected chi connectivity index (χ3v) is 11.0. The molecule has 0 aromatic heterocycles. The van der Waals surface area contributed by atoms with Crippen molar-refractivity contribution in [1.82, 2.24) is 0 Å². The normalized spacial score (nSPS) is 36.3. The van der Waals surface area contributed by atoms with E-state index in [0.29, 0.717) is 16.9 Å². The number of esters is 1. The van der Waals surface area contributed by atoms with Gasteiger partial charge in [-0.2, -0.15) is 0 Å². The quantitative estimate of drug-likeness (QED) is 0.358. The van der Waals surface area contributed by atoms with Gasteiger partial charge in [0.05, 0.1) is 5.56 Å². The lowest BCUT2D eigenvalue weighted by Crippen LogP contribution is -2.46. The fourth-order valence-corrected chi connectivity index (χ4v) is 8.89. The first-order chi connectivity index (χ1) is 17.2. The van der Waals surface area contributed by atoms with E-state index in [0.717, 1.165) is 42.9 Å².